The zero-order valence-corrected chi connectivity index (χ0v) is 10.1. The van der Waals surface area contributed by atoms with Crippen LogP contribution >= 0.6 is 0 Å². The van der Waals surface area contributed by atoms with Crippen LogP contribution < -0.4 is 5.46 Å². The SMILES string of the molecule is OB(O)c1ccc(-c2cnc3ccccc3c2)nc1. The maximum Gasteiger partial charge on any atom is 0.490 e. The predicted octanol–water partition coefficient (Wildman–Crippen LogP) is 0.977. The zero-order chi connectivity index (χ0) is 13.2. The van der Waals surface area contributed by atoms with Crippen molar-refractivity contribution in [3.05, 3.63) is 54.9 Å². The molecule has 4 nitrogen and oxygen atoms in total. The number of nitrogens with zero attached hydrogens (tertiary/aromatic N) is 2. The average molecular weight is 250 g/mol. The van der Waals surface area contributed by atoms with Crippen molar-refractivity contribution in [3.8, 4) is 11.3 Å². The molecule has 0 fully saturated rings. The Bertz CT molecular complexity index is 714. The quantitative estimate of drug-likeness (QED) is 0.665. The highest BCUT2D eigenvalue weighted by Gasteiger charge is 2.11. The molecule has 1 aromatic carbocycles. The first-order chi connectivity index (χ1) is 9.24. The minimum absolute atomic E-state index is 0.373. The molecule has 0 atom stereocenters. The summed E-state index contributed by atoms with van der Waals surface area (Å²) in [5.74, 6) is 0. The molecule has 0 aliphatic rings. The molecular weight excluding hydrogens is 239 g/mol. The largest absolute Gasteiger partial charge is 0.490 e. The van der Waals surface area contributed by atoms with Gasteiger partial charge in [0.05, 0.1) is 11.2 Å². The topological polar surface area (TPSA) is 66.2 Å². The van der Waals surface area contributed by atoms with E-state index >= 15 is 0 Å². The van der Waals surface area contributed by atoms with Crippen LogP contribution in [-0.2, 0) is 0 Å². The maximum atomic E-state index is 9.03. The molecule has 0 radical (unpaired) electrons. The van der Waals surface area contributed by atoms with Crippen LogP contribution in [0.4, 0.5) is 0 Å². The van der Waals surface area contributed by atoms with Gasteiger partial charge in [-0.1, -0.05) is 24.3 Å². The van der Waals surface area contributed by atoms with Crippen LogP contribution in [0.2, 0.25) is 0 Å². The standard InChI is InChI=1S/C14H11BN2O2/c18-15(19)12-5-6-14(17-9-12)11-7-10-3-1-2-4-13(10)16-8-11/h1-9,18-19H. The Morgan fingerprint density at radius 2 is 1.74 bits per heavy atom. The number of pyridine rings is 2. The van der Waals surface area contributed by atoms with Crippen LogP contribution in [0, 0.1) is 0 Å². The molecule has 3 aromatic rings. The summed E-state index contributed by atoms with van der Waals surface area (Å²) in [4.78, 5) is 8.59. The lowest BCUT2D eigenvalue weighted by molar-refractivity contribution is 0.425. The number of benzene rings is 1. The smallest absolute Gasteiger partial charge is 0.423 e. The molecule has 0 unspecified atom stereocenters. The highest BCUT2D eigenvalue weighted by Crippen LogP contribution is 2.20. The summed E-state index contributed by atoms with van der Waals surface area (Å²) >= 11 is 0. The summed E-state index contributed by atoms with van der Waals surface area (Å²) in [6.45, 7) is 0. The van der Waals surface area contributed by atoms with Gasteiger partial charge in [0, 0.05) is 28.8 Å². The van der Waals surface area contributed by atoms with Crippen molar-refractivity contribution in [3.63, 3.8) is 0 Å². The van der Waals surface area contributed by atoms with E-state index in [1.54, 1.807) is 18.3 Å². The summed E-state index contributed by atoms with van der Waals surface area (Å²) in [6.07, 6.45) is 3.22. The second-order valence-corrected chi connectivity index (χ2v) is 4.27. The Labute approximate surface area is 110 Å². The van der Waals surface area contributed by atoms with Crippen molar-refractivity contribution in [1.82, 2.24) is 9.97 Å². The lowest BCUT2D eigenvalue weighted by Gasteiger charge is -2.04. The first-order valence-corrected chi connectivity index (χ1v) is 5.91. The summed E-state index contributed by atoms with van der Waals surface area (Å²) in [5, 5.41) is 19.1. The fourth-order valence-electron chi connectivity index (χ4n) is 1.94. The first kappa shape index (κ1) is 11.8. The van der Waals surface area contributed by atoms with Crippen LogP contribution in [0.3, 0.4) is 0 Å². The van der Waals surface area contributed by atoms with Gasteiger partial charge in [-0.3, -0.25) is 9.97 Å². The number of aromatic nitrogens is 2. The van der Waals surface area contributed by atoms with Gasteiger partial charge in [-0.25, -0.2) is 0 Å². The van der Waals surface area contributed by atoms with Gasteiger partial charge in [-0.2, -0.15) is 0 Å². The van der Waals surface area contributed by atoms with Gasteiger partial charge in [-0.15, -0.1) is 0 Å². The Hall–Kier alpha value is -2.24. The number of rotatable bonds is 2. The highest BCUT2D eigenvalue weighted by molar-refractivity contribution is 6.58. The normalized spacial score (nSPS) is 10.6. The summed E-state index contributed by atoms with van der Waals surface area (Å²) in [5.41, 5.74) is 2.96. The fourth-order valence-corrected chi connectivity index (χ4v) is 1.94. The van der Waals surface area contributed by atoms with Crippen molar-refractivity contribution in [2.24, 2.45) is 0 Å². The minimum atomic E-state index is -1.49. The molecule has 5 heteroatoms. The number of hydrogen-bond donors (Lipinski definition) is 2. The van der Waals surface area contributed by atoms with Crippen LogP contribution in [0.15, 0.2) is 54.9 Å². The summed E-state index contributed by atoms with van der Waals surface area (Å²) < 4.78 is 0. The minimum Gasteiger partial charge on any atom is -0.423 e. The Kier molecular flexibility index (Phi) is 2.99. The van der Waals surface area contributed by atoms with Crippen LogP contribution in [0.1, 0.15) is 0 Å². The van der Waals surface area contributed by atoms with Gasteiger partial charge in [0.15, 0.2) is 0 Å². The first-order valence-electron chi connectivity index (χ1n) is 5.91. The Morgan fingerprint density at radius 1 is 0.895 bits per heavy atom. The summed E-state index contributed by atoms with van der Waals surface area (Å²) in [6, 6.07) is 13.3. The van der Waals surface area contributed by atoms with Gasteiger partial charge < -0.3 is 10.0 Å². The Morgan fingerprint density at radius 3 is 2.47 bits per heavy atom. The van der Waals surface area contributed by atoms with Crippen LogP contribution in [0.5, 0.6) is 0 Å². The molecule has 2 N–H and O–H groups in total. The second-order valence-electron chi connectivity index (χ2n) is 4.27. The molecule has 0 saturated carbocycles. The predicted molar refractivity (Wildman–Crippen MR) is 74.8 cm³/mol. The third-order valence-electron chi connectivity index (χ3n) is 2.97. The van der Waals surface area contributed by atoms with Crippen molar-refractivity contribution >= 4 is 23.5 Å². The lowest BCUT2D eigenvalue weighted by atomic mass is 9.81. The monoisotopic (exact) mass is 250 g/mol. The average Bonchev–Trinajstić information content (AvgIpc) is 2.47. The third-order valence-corrected chi connectivity index (χ3v) is 2.97. The van der Waals surface area contributed by atoms with Crippen molar-refractivity contribution in [1.29, 1.82) is 0 Å². The van der Waals surface area contributed by atoms with E-state index in [1.807, 2.05) is 30.3 Å². The van der Waals surface area contributed by atoms with E-state index in [2.05, 4.69) is 9.97 Å². The number of fused-ring (bicyclic) bond motifs is 1. The molecule has 0 aliphatic carbocycles. The number of hydrogen-bond acceptors (Lipinski definition) is 4. The van der Waals surface area contributed by atoms with E-state index in [0.717, 1.165) is 22.2 Å². The van der Waals surface area contributed by atoms with Gasteiger partial charge in [0.1, 0.15) is 0 Å². The van der Waals surface area contributed by atoms with E-state index < -0.39 is 7.12 Å². The molecule has 2 aromatic heterocycles. The van der Waals surface area contributed by atoms with Crippen molar-refractivity contribution < 1.29 is 10.0 Å². The van der Waals surface area contributed by atoms with E-state index in [0.29, 0.717) is 5.46 Å². The van der Waals surface area contributed by atoms with Crippen LogP contribution in [-0.4, -0.2) is 27.1 Å². The van der Waals surface area contributed by atoms with Crippen molar-refractivity contribution in [2.45, 2.75) is 0 Å². The highest BCUT2D eigenvalue weighted by atomic mass is 16.4. The molecule has 0 saturated heterocycles. The third kappa shape index (κ3) is 2.34. The lowest BCUT2D eigenvalue weighted by Crippen LogP contribution is -2.29. The van der Waals surface area contributed by atoms with Crippen LogP contribution in [0.25, 0.3) is 22.2 Å². The maximum absolute atomic E-state index is 9.03. The molecule has 3 rings (SSSR count). The zero-order valence-electron chi connectivity index (χ0n) is 10.1. The van der Waals surface area contributed by atoms with Gasteiger partial charge in [-0.05, 0) is 18.2 Å². The van der Waals surface area contributed by atoms with E-state index in [4.69, 9.17) is 10.0 Å². The molecule has 0 bridgehead atoms. The molecule has 19 heavy (non-hydrogen) atoms. The van der Waals surface area contributed by atoms with Gasteiger partial charge in [0.2, 0.25) is 0 Å². The van der Waals surface area contributed by atoms with E-state index in [-0.39, 0.29) is 0 Å². The molecule has 0 amide bonds. The fraction of sp³-hybridized carbons (Fsp3) is 0. The molecular formula is C14H11BN2O2. The second kappa shape index (κ2) is 4.80. The van der Waals surface area contributed by atoms with Gasteiger partial charge in [0.25, 0.3) is 0 Å². The van der Waals surface area contributed by atoms with Crippen molar-refractivity contribution in [2.75, 3.05) is 0 Å². The van der Waals surface area contributed by atoms with E-state index in [1.165, 1.54) is 6.20 Å². The Balaban J connectivity index is 2.03. The summed E-state index contributed by atoms with van der Waals surface area (Å²) in [7, 11) is -1.49. The number of para-hydroxylation sites is 1. The molecule has 0 spiro atoms. The molecule has 2 heterocycles. The van der Waals surface area contributed by atoms with Gasteiger partial charge >= 0.3 is 7.12 Å². The molecule has 92 valence electrons. The molecule has 0 aliphatic heterocycles. The van der Waals surface area contributed by atoms with E-state index in [9.17, 15) is 0 Å².